The summed E-state index contributed by atoms with van der Waals surface area (Å²) in [5.41, 5.74) is 4.73. The van der Waals surface area contributed by atoms with Crippen LogP contribution in [0.4, 0.5) is 4.79 Å². The summed E-state index contributed by atoms with van der Waals surface area (Å²) in [7, 11) is 0. The first-order chi connectivity index (χ1) is 17.0. The molecule has 35 heavy (non-hydrogen) atoms. The summed E-state index contributed by atoms with van der Waals surface area (Å²) >= 11 is 0. The fourth-order valence-electron chi connectivity index (χ4n) is 5.07. The summed E-state index contributed by atoms with van der Waals surface area (Å²) < 4.78 is 5.56. The summed E-state index contributed by atoms with van der Waals surface area (Å²) in [6.07, 6.45) is 2.79. The van der Waals surface area contributed by atoms with E-state index in [-0.39, 0.29) is 36.7 Å². The highest BCUT2D eigenvalue weighted by molar-refractivity contribution is 5.82. The third kappa shape index (κ3) is 6.21. The van der Waals surface area contributed by atoms with Crippen molar-refractivity contribution >= 4 is 18.0 Å². The number of hydrogen-bond acceptors (Lipinski definition) is 4. The van der Waals surface area contributed by atoms with Gasteiger partial charge in [0.05, 0.1) is 0 Å². The summed E-state index contributed by atoms with van der Waals surface area (Å²) in [6.45, 7) is 3.29. The van der Waals surface area contributed by atoms with E-state index in [1.807, 2.05) is 31.2 Å². The fourth-order valence-corrected chi connectivity index (χ4v) is 5.07. The summed E-state index contributed by atoms with van der Waals surface area (Å²) in [5, 5.41) is 14.6. The number of nitrogens with one attached hydrogen (secondary N) is 2. The van der Waals surface area contributed by atoms with Crippen LogP contribution in [0, 0.1) is 17.8 Å². The van der Waals surface area contributed by atoms with Crippen molar-refractivity contribution in [2.45, 2.75) is 44.9 Å². The number of carbonyl (C=O) groups is 3. The van der Waals surface area contributed by atoms with E-state index in [0.717, 1.165) is 19.3 Å². The molecule has 3 atom stereocenters. The second-order valence-corrected chi connectivity index (χ2v) is 9.60. The van der Waals surface area contributed by atoms with E-state index in [9.17, 15) is 14.4 Å². The van der Waals surface area contributed by atoms with Gasteiger partial charge >= 0.3 is 12.1 Å². The van der Waals surface area contributed by atoms with E-state index in [2.05, 4.69) is 34.9 Å². The van der Waals surface area contributed by atoms with Gasteiger partial charge in [-0.25, -0.2) is 4.79 Å². The molecular weight excluding hydrogens is 444 g/mol. The molecule has 0 aliphatic heterocycles. The van der Waals surface area contributed by atoms with Crippen LogP contribution in [0.2, 0.25) is 0 Å². The van der Waals surface area contributed by atoms with E-state index < -0.39 is 12.1 Å². The molecule has 2 aromatic carbocycles. The van der Waals surface area contributed by atoms with E-state index in [1.54, 1.807) is 0 Å². The van der Waals surface area contributed by atoms with Crippen LogP contribution in [0.3, 0.4) is 0 Å². The minimum Gasteiger partial charge on any atom is -0.481 e. The first-order valence-corrected chi connectivity index (χ1v) is 12.6. The van der Waals surface area contributed by atoms with Crippen molar-refractivity contribution in [3.05, 3.63) is 59.7 Å². The molecule has 2 amide bonds. The zero-order valence-electron chi connectivity index (χ0n) is 20.2. The molecule has 2 aliphatic carbocycles. The van der Waals surface area contributed by atoms with Crippen LogP contribution in [0.1, 0.15) is 56.1 Å². The zero-order valence-corrected chi connectivity index (χ0v) is 20.2. The van der Waals surface area contributed by atoms with Gasteiger partial charge in [-0.1, -0.05) is 61.9 Å². The van der Waals surface area contributed by atoms with Crippen LogP contribution in [0.5, 0.6) is 0 Å². The van der Waals surface area contributed by atoms with Crippen LogP contribution in [-0.2, 0) is 14.3 Å². The van der Waals surface area contributed by atoms with Gasteiger partial charge in [-0.3, -0.25) is 9.59 Å². The number of aliphatic carboxylic acids is 1. The van der Waals surface area contributed by atoms with Crippen molar-refractivity contribution in [2.24, 2.45) is 17.8 Å². The molecular formula is C28H34N2O5. The maximum Gasteiger partial charge on any atom is 0.407 e. The molecule has 0 aromatic heterocycles. The lowest BCUT2D eigenvalue weighted by atomic mass is 9.96. The number of amides is 2. The lowest BCUT2D eigenvalue weighted by Gasteiger charge is -2.15. The Morgan fingerprint density at radius 1 is 1.00 bits per heavy atom. The molecule has 0 spiro atoms. The Kier molecular flexibility index (Phi) is 8.06. The number of ether oxygens (including phenoxy) is 1. The summed E-state index contributed by atoms with van der Waals surface area (Å²) in [5.74, 6) is -0.395. The topological polar surface area (TPSA) is 105 Å². The normalized spacial score (nSPS) is 18.8. The number of carboxylic acids is 1. The summed E-state index contributed by atoms with van der Waals surface area (Å²) in [4.78, 5) is 35.5. The van der Waals surface area contributed by atoms with Gasteiger partial charge in [0, 0.05) is 31.3 Å². The van der Waals surface area contributed by atoms with Gasteiger partial charge in [-0.15, -0.1) is 0 Å². The average Bonchev–Trinajstić information content (AvgIpc) is 3.58. The Balaban J connectivity index is 1.16. The lowest BCUT2D eigenvalue weighted by molar-refractivity contribution is -0.137. The second kappa shape index (κ2) is 11.4. The predicted molar refractivity (Wildman–Crippen MR) is 133 cm³/mol. The van der Waals surface area contributed by atoms with Crippen molar-refractivity contribution in [1.29, 1.82) is 0 Å². The molecule has 1 fully saturated rings. The molecule has 0 bridgehead atoms. The molecule has 0 saturated heterocycles. The number of rotatable bonds is 12. The summed E-state index contributed by atoms with van der Waals surface area (Å²) in [6, 6.07) is 16.4. The van der Waals surface area contributed by atoms with Crippen molar-refractivity contribution in [3.63, 3.8) is 0 Å². The monoisotopic (exact) mass is 478 g/mol. The molecule has 0 radical (unpaired) electrons. The molecule has 7 heteroatoms. The van der Waals surface area contributed by atoms with E-state index >= 15 is 0 Å². The highest BCUT2D eigenvalue weighted by Crippen LogP contribution is 2.44. The maximum atomic E-state index is 12.4. The van der Waals surface area contributed by atoms with Crippen molar-refractivity contribution < 1.29 is 24.2 Å². The fraction of sp³-hybridized carbons (Fsp3) is 0.464. The van der Waals surface area contributed by atoms with Crippen LogP contribution < -0.4 is 10.6 Å². The molecule has 3 N–H and O–H groups in total. The average molecular weight is 479 g/mol. The van der Waals surface area contributed by atoms with Crippen LogP contribution >= 0.6 is 0 Å². The molecule has 1 unspecified atom stereocenters. The van der Waals surface area contributed by atoms with E-state index in [0.29, 0.717) is 25.4 Å². The van der Waals surface area contributed by atoms with Crippen LogP contribution in [0.15, 0.2) is 48.5 Å². The number of hydrogen-bond donors (Lipinski definition) is 3. The van der Waals surface area contributed by atoms with Gasteiger partial charge in [0.15, 0.2) is 0 Å². The van der Waals surface area contributed by atoms with Gasteiger partial charge in [0.2, 0.25) is 5.91 Å². The van der Waals surface area contributed by atoms with Gasteiger partial charge in [-0.05, 0) is 53.4 Å². The first kappa shape index (κ1) is 24.8. The van der Waals surface area contributed by atoms with Crippen LogP contribution in [-0.4, -0.2) is 42.8 Å². The standard InChI is InChI=1S/C28H34N2O5/c1-2-18(11-12-26(31)32)13-14-29-27(33)24-15-19(24)16-30-28(34)35-17-25-22-9-5-3-7-20(22)21-8-4-6-10-23(21)25/h3-10,18-19,24-25H,2,11-17H2,1H3,(H,29,33)(H,30,34)(H,31,32)/t18?,19-,24-/m1/s1. The molecule has 186 valence electrons. The quantitative estimate of drug-likeness (QED) is 0.415. The molecule has 2 aliphatic rings. The number of fused-ring (bicyclic) bond motifs is 3. The highest BCUT2D eigenvalue weighted by atomic mass is 16.5. The van der Waals surface area contributed by atoms with Gasteiger partial charge < -0.3 is 20.5 Å². The van der Waals surface area contributed by atoms with Crippen molar-refractivity contribution in [3.8, 4) is 11.1 Å². The van der Waals surface area contributed by atoms with Gasteiger partial charge in [-0.2, -0.15) is 0 Å². The molecule has 2 aromatic rings. The smallest absolute Gasteiger partial charge is 0.407 e. The lowest BCUT2D eigenvalue weighted by Crippen LogP contribution is -2.31. The third-order valence-corrected chi connectivity index (χ3v) is 7.31. The van der Waals surface area contributed by atoms with E-state index in [4.69, 9.17) is 9.84 Å². The predicted octanol–water partition coefficient (Wildman–Crippen LogP) is 4.56. The number of benzene rings is 2. The molecule has 4 rings (SSSR count). The first-order valence-electron chi connectivity index (χ1n) is 12.6. The highest BCUT2D eigenvalue weighted by Gasteiger charge is 2.42. The minimum atomic E-state index is -0.780. The second-order valence-electron chi connectivity index (χ2n) is 9.60. The molecule has 1 saturated carbocycles. The maximum absolute atomic E-state index is 12.4. The Hall–Kier alpha value is -3.35. The van der Waals surface area contributed by atoms with E-state index in [1.165, 1.54) is 22.3 Å². The Morgan fingerprint density at radius 2 is 1.66 bits per heavy atom. The third-order valence-electron chi connectivity index (χ3n) is 7.31. The molecule has 7 nitrogen and oxygen atoms in total. The van der Waals surface area contributed by atoms with Crippen molar-refractivity contribution in [1.82, 2.24) is 10.6 Å². The molecule has 0 heterocycles. The van der Waals surface area contributed by atoms with Gasteiger partial charge in [0.1, 0.15) is 6.61 Å². The largest absolute Gasteiger partial charge is 0.481 e. The number of alkyl carbamates (subject to hydrolysis) is 1. The Bertz CT molecular complexity index is 1020. The van der Waals surface area contributed by atoms with Crippen LogP contribution in [0.25, 0.3) is 11.1 Å². The number of carbonyl (C=O) groups excluding carboxylic acids is 2. The van der Waals surface area contributed by atoms with Crippen molar-refractivity contribution in [2.75, 3.05) is 19.7 Å². The Morgan fingerprint density at radius 3 is 2.29 bits per heavy atom. The SMILES string of the molecule is CCC(CCNC(=O)[C@@H]1C[C@@H]1CNC(=O)OCC1c2ccccc2-c2ccccc21)CCC(=O)O. The van der Waals surface area contributed by atoms with Gasteiger partial charge in [0.25, 0.3) is 0 Å². The Labute approximate surface area is 206 Å². The number of carboxylic acid groups (broad SMARTS) is 1. The minimum absolute atomic E-state index is 0.0115. The zero-order chi connectivity index (χ0) is 24.8.